The Morgan fingerprint density at radius 1 is 1.42 bits per heavy atom. The smallest absolute Gasteiger partial charge is 0.196 e. The molecule has 0 bridgehead atoms. The van der Waals surface area contributed by atoms with Crippen LogP contribution in [0.15, 0.2) is 29.3 Å². The number of aliphatic imine (C=N–C) groups is 1. The molecule has 0 radical (unpaired) electrons. The molecule has 2 rings (SSSR count). The average molecular weight is 261 g/mol. The fourth-order valence-electron chi connectivity index (χ4n) is 2.87. The number of nitrogens with two attached hydrogens (primary N) is 1. The minimum Gasteiger partial charge on any atom is -0.497 e. The lowest BCUT2D eigenvalue weighted by Crippen LogP contribution is -2.51. The third-order valence-electron chi connectivity index (χ3n) is 3.92. The van der Waals surface area contributed by atoms with E-state index in [2.05, 4.69) is 29.8 Å². The number of hydrogen-bond acceptors (Lipinski definition) is 4. The number of hydrogen-bond donors (Lipinski definition) is 1. The van der Waals surface area contributed by atoms with Crippen LogP contribution >= 0.6 is 0 Å². The number of ether oxygens (including phenoxy) is 1. The van der Waals surface area contributed by atoms with E-state index in [0.29, 0.717) is 5.96 Å². The summed E-state index contributed by atoms with van der Waals surface area (Å²) in [6.45, 7) is 5.19. The van der Waals surface area contributed by atoms with Gasteiger partial charge in [-0.1, -0.05) is 26.3 Å². The monoisotopic (exact) mass is 261 g/mol. The van der Waals surface area contributed by atoms with Crippen LogP contribution in [0.4, 0.5) is 5.69 Å². The molecule has 1 unspecified atom stereocenters. The SMILES string of the molecule is CCCC1(CC)CN=C(N)N1c1cccc(OC)c1. The van der Waals surface area contributed by atoms with Crippen LogP contribution in [-0.4, -0.2) is 25.2 Å². The molecule has 0 saturated heterocycles. The summed E-state index contributed by atoms with van der Waals surface area (Å²) in [4.78, 5) is 6.65. The van der Waals surface area contributed by atoms with Gasteiger partial charge in [0.2, 0.25) is 0 Å². The first-order valence-corrected chi connectivity index (χ1v) is 6.91. The summed E-state index contributed by atoms with van der Waals surface area (Å²) in [5, 5.41) is 0. The number of benzene rings is 1. The zero-order chi connectivity index (χ0) is 13.9. The maximum atomic E-state index is 6.12. The summed E-state index contributed by atoms with van der Waals surface area (Å²) in [5.74, 6) is 1.46. The molecule has 0 amide bonds. The van der Waals surface area contributed by atoms with Crippen LogP contribution in [0, 0.1) is 0 Å². The molecule has 0 saturated carbocycles. The standard InChI is InChI=1S/C15H23N3O/c1-4-9-15(5-2)11-17-14(16)18(15)12-7-6-8-13(10-12)19-3/h6-8,10H,4-5,9,11H2,1-3H3,(H2,16,17). The molecule has 1 aromatic rings. The highest BCUT2D eigenvalue weighted by molar-refractivity contribution is 5.98. The normalized spacial score (nSPS) is 22.5. The Morgan fingerprint density at radius 3 is 2.84 bits per heavy atom. The Kier molecular flexibility index (Phi) is 3.98. The first kappa shape index (κ1) is 13.7. The third-order valence-corrected chi connectivity index (χ3v) is 3.92. The fourth-order valence-corrected chi connectivity index (χ4v) is 2.87. The van der Waals surface area contributed by atoms with E-state index < -0.39 is 0 Å². The maximum absolute atomic E-state index is 6.12. The second-order valence-corrected chi connectivity index (χ2v) is 5.04. The van der Waals surface area contributed by atoms with Crippen LogP contribution in [0.2, 0.25) is 0 Å². The molecule has 1 aromatic carbocycles. The quantitative estimate of drug-likeness (QED) is 0.886. The maximum Gasteiger partial charge on any atom is 0.196 e. The first-order valence-electron chi connectivity index (χ1n) is 6.91. The number of nitrogens with zero attached hydrogens (tertiary/aromatic N) is 2. The van der Waals surface area contributed by atoms with Gasteiger partial charge in [-0.05, 0) is 25.0 Å². The van der Waals surface area contributed by atoms with E-state index in [4.69, 9.17) is 10.5 Å². The van der Waals surface area contributed by atoms with Gasteiger partial charge in [0.15, 0.2) is 5.96 Å². The van der Waals surface area contributed by atoms with Crippen molar-refractivity contribution in [2.45, 2.75) is 38.6 Å². The number of guanidine groups is 1. The van der Waals surface area contributed by atoms with Crippen molar-refractivity contribution in [3.05, 3.63) is 24.3 Å². The molecule has 4 nitrogen and oxygen atoms in total. The molecular formula is C15H23N3O. The van der Waals surface area contributed by atoms with Gasteiger partial charge < -0.3 is 15.4 Å². The van der Waals surface area contributed by atoms with Crippen molar-refractivity contribution in [1.29, 1.82) is 0 Å². The van der Waals surface area contributed by atoms with Crippen molar-refractivity contribution in [1.82, 2.24) is 0 Å². The van der Waals surface area contributed by atoms with Crippen molar-refractivity contribution in [2.75, 3.05) is 18.6 Å². The molecule has 2 N–H and O–H groups in total. The largest absolute Gasteiger partial charge is 0.497 e. The molecule has 104 valence electrons. The van der Waals surface area contributed by atoms with E-state index in [1.54, 1.807) is 7.11 Å². The Morgan fingerprint density at radius 2 is 2.21 bits per heavy atom. The minimum atomic E-state index is 0.0190. The van der Waals surface area contributed by atoms with E-state index in [-0.39, 0.29) is 5.54 Å². The molecule has 0 spiro atoms. The van der Waals surface area contributed by atoms with Gasteiger partial charge in [-0.15, -0.1) is 0 Å². The molecule has 0 aromatic heterocycles. The molecular weight excluding hydrogens is 238 g/mol. The van der Waals surface area contributed by atoms with Crippen molar-refractivity contribution >= 4 is 11.6 Å². The fraction of sp³-hybridized carbons (Fsp3) is 0.533. The van der Waals surface area contributed by atoms with Crippen molar-refractivity contribution in [3.8, 4) is 5.75 Å². The van der Waals surface area contributed by atoms with Gasteiger partial charge in [0.25, 0.3) is 0 Å². The molecule has 0 fully saturated rings. The third kappa shape index (κ3) is 2.39. The Labute approximate surface area is 115 Å². The zero-order valence-electron chi connectivity index (χ0n) is 12.0. The summed E-state index contributed by atoms with van der Waals surface area (Å²) in [6, 6.07) is 8.02. The van der Waals surface area contributed by atoms with Gasteiger partial charge >= 0.3 is 0 Å². The summed E-state index contributed by atoms with van der Waals surface area (Å²) in [5.41, 5.74) is 7.20. The molecule has 1 aliphatic rings. The van der Waals surface area contributed by atoms with Crippen molar-refractivity contribution in [2.24, 2.45) is 10.7 Å². The van der Waals surface area contributed by atoms with Crippen LogP contribution in [0.5, 0.6) is 5.75 Å². The van der Waals surface area contributed by atoms with Crippen LogP contribution in [0.1, 0.15) is 33.1 Å². The van der Waals surface area contributed by atoms with Crippen LogP contribution in [0.3, 0.4) is 0 Å². The zero-order valence-corrected chi connectivity index (χ0v) is 12.0. The molecule has 1 atom stereocenters. The van der Waals surface area contributed by atoms with Crippen molar-refractivity contribution in [3.63, 3.8) is 0 Å². The minimum absolute atomic E-state index is 0.0190. The highest BCUT2D eigenvalue weighted by Gasteiger charge is 2.40. The lowest BCUT2D eigenvalue weighted by atomic mass is 9.89. The lowest BCUT2D eigenvalue weighted by Gasteiger charge is -2.38. The van der Waals surface area contributed by atoms with Gasteiger partial charge in [0, 0.05) is 11.8 Å². The Bertz CT molecular complexity index is 472. The predicted molar refractivity (Wildman–Crippen MR) is 79.9 cm³/mol. The molecule has 4 heteroatoms. The number of methoxy groups -OCH3 is 1. The van der Waals surface area contributed by atoms with Gasteiger partial charge in [-0.2, -0.15) is 0 Å². The number of anilines is 1. The molecule has 19 heavy (non-hydrogen) atoms. The Hall–Kier alpha value is -1.71. The summed E-state index contributed by atoms with van der Waals surface area (Å²) < 4.78 is 5.30. The van der Waals surface area contributed by atoms with E-state index in [0.717, 1.165) is 37.2 Å². The first-order chi connectivity index (χ1) is 9.16. The molecule has 1 heterocycles. The van der Waals surface area contributed by atoms with Gasteiger partial charge in [0.05, 0.1) is 19.2 Å². The Balaban J connectivity index is 2.40. The van der Waals surface area contributed by atoms with Gasteiger partial charge in [0.1, 0.15) is 5.75 Å². The average Bonchev–Trinajstić information content (AvgIpc) is 2.77. The second kappa shape index (κ2) is 5.51. The second-order valence-electron chi connectivity index (χ2n) is 5.04. The van der Waals surface area contributed by atoms with E-state index in [1.165, 1.54) is 0 Å². The van der Waals surface area contributed by atoms with Crippen LogP contribution in [0.25, 0.3) is 0 Å². The van der Waals surface area contributed by atoms with E-state index >= 15 is 0 Å². The molecule has 1 aliphatic heterocycles. The van der Waals surface area contributed by atoms with Crippen LogP contribution in [-0.2, 0) is 0 Å². The van der Waals surface area contributed by atoms with E-state index in [9.17, 15) is 0 Å². The summed E-state index contributed by atoms with van der Waals surface area (Å²) in [6.07, 6.45) is 3.24. The van der Waals surface area contributed by atoms with E-state index in [1.807, 2.05) is 18.2 Å². The predicted octanol–water partition coefficient (Wildman–Crippen LogP) is 2.78. The van der Waals surface area contributed by atoms with Crippen LogP contribution < -0.4 is 15.4 Å². The van der Waals surface area contributed by atoms with Gasteiger partial charge in [-0.3, -0.25) is 4.99 Å². The highest BCUT2D eigenvalue weighted by atomic mass is 16.5. The summed E-state index contributed by atoms with van der Waals surface area (Å²) >= 11 is 0. The summed E-state index contributed by atoms with van der Waals surface area (Å²) in [7, 11) is 1.68. The number of rotatable bonds is 5. The lowest BCUT2D eigenvalue weighted by molar-refractivity contribution is 0.400. The highest BCUT2D eigenvalue weighted by Crippen LogP contribution is 2.36. The van der Waals surface area contributed by atoms with Gasteiger partial charge in [-0.25, -0.2) is 0 Å². The molecule has 0 aliphatic carbocycles. The van der Waals surface area contributed by atoms with Crippen molar-refractivity contribution < 1.29 is 4.74 Å². The topological polar surface area (TPSA) is 50.8 Å².